The van der Waals surface area contributed by atoms with Crippen LogP contribution in [0.4, 0.5) is 5.69 Å². The lowest BCUT2D eigenvalue weighted by Crippen LogP contribution is -2.53. The lowest BCUT2D eigenvalue weighted by atomic mass is 10.0. The van der Waals surface area contributed by atoms with Crippen LogP contribution >= 0.6 is 0 Å². The molecule has 0 saturated heterocycles. The average molecular weight is 584 g/mol. The maximum Gasteiger partial charge on any atom is 0.264 e. The quantitative estimate of drug-likeness (QED) is 0.263. The van der Waals surface area contributed by atoms with Gasteiger partial charge in [-0.2, -0.15) is 0 Å². The van der Waals surface area contributed by atoms with Gasteiger partial charge >= 0.3 is 0 Å². The van der Waals surface area contributed by atoms with Crippen molar-refractivity contribution >= 4 is 27.5 Å². The highest BCUT2D eigenvalue weighted by Crippen LogP contribution is 2.27. The van der Waals surface area contributed by atoms with Gasteiger partial charge in [-0.05, 0) is 67.3 Å². The third kappa shape index (κ3) is 7.25. The van der Waals surface area contributed by atoms with Crippen molar-refractivity contribution in [2.45, 2.75) is 44.7 Å². The van der Waals surface area contributed by atoms with E-state index in [-0.39, 0.29) is 23.8 Å². The second-order valence-electron chi connectivity index (χ2n) is 10.4. The van der Waals surface area contributed by atoms with Crippen LogP contribution in [0.1, 0.15) is 27.8 Å². The van der Waals surface area contributed by atoms with Crippen LogP contribution < -0.4 is 9.62 Å². The van der Waals surface area contributed by atoms with E-state index >= 15 is 0 Å². The lowest BCUT2D eigenvalue weighted by molar-refractivity contribution is -0.139. The van der Waals surface area contributed by atoms with Gasteiger partial charge in [0.2, 0.25) is 11.8 Å². The van der Waals surface area contributed by atoms with E-state index in [0.29, 0.717) is 5.69 Å². The molecule has 0 aliphatic rings. The largest absolute Gasteiger partial charge is 0.357 e. The van der Waals surface area contributed by atoms with E-state index in [1.807, 2.05) is 87.5 Å². The number of aryl methyl sites for hydroxylation is 3. The first-order valence-electron chi connectivity index (χ1n) is 13.9. The van der Waals surface area contributed by atoms with Crippen LogP contribution in [0.15, 0.2) is 108 Å². The van der Waals surface area contributed by atoms with Gasteiger partial charge in [0.05, 0.1) is 10.6 Å². The minimum absolute atomic E-state index is 0.0841. The SMILES string of the molecule is CNC(=O)[C@@H](Cc1ccccc1)N(Cc1ccccc1)C(=O)CN(c1ccc(C)c(C)c1)S(=O)(=O)c1ccc(C)cc1. The molecule has 0 fully saturated rings. The van der Waals surface area contributed by atoms with E-state index in [1.165, 1.54) is 11.9 Å². The number of hydrogen-bond donors (Lipinski definition) is 1. The van der Waals surface area contributed by atoms with E-state index in [9.17, 15) is 18.0 Å². The van der Waals surface area contributed by atoms with Gasteiger partial charge in [-0.1, -0.05) is 84.4 Å². The first-order valence-corrected chi connectivity index (χ1v) is 15.3. The minimum atomic E-state index is -4.13. The van der Waals surface area contributed by atoms with Gasteiger partial charge in [0.25, 0.3) is 10.0 Å². The monoisotopic (exact) mass is 583 g/mol. The van der Waals surface area contributed by atoms with Crippen molar-refractivity contribution in [2.75, 3.05) is 17.9 Å². The molecule has 0 aliphatic carbocycles. The third-order valence-electron chi connectivity index (χ3n) is 7.38. The Bertz CT molecular complexity index is 1620. The standard InChI is InChI=1S/C34H37N3O4S/c1-25-15-19-31(20-16-25)42(40,41)37(30-18-17-26(2)27(3)21-30)24-33(38)36(23-29-13-9-6-10-14-29)32(34(39)35-4)22-28-11-7-5-8-12-28/h5-21,32H,22-24H2,1-4H3,(H,35,39)/t32-/m1/s1. The molecule has 0 radical (unpaired) electrons. The summed E-state index contributed by atoms with van der Waals surface area (Å²) >= 11 is 0. The molecule has 42 heavy (non-hydrogen) atoms. The fourth-order valence-electron chi connectivity index (χ4n) is 4.75. The molecule has 4 aromatic rings. The van der Waals surface area contributed by atoms with Gasteiger partial charge in [-0.3, -0.25) is 13.9 Å². The zero-order valence-electron chi connectivity index (χ0n) is 24.4. The van der Waals surface area contributed by atoms with Gasteiger partial charge in [-0.15, -0.1) is 0 Å². The summed E-state index contributed by atoms with van der Waals surface area (Å²) in [5.74, 6) is -0.820. The Balaban J connectivity index is 1.79. The third-order valence-corrected chi connectivity index (χ3v) is 9.17. The summed E-state index contributed by atoms with van der Waals surface area (Å²) in [6, 6.07) is 29.9. The number of amides is 2. The molecule has 7 nitrogen and oxygen atoms in total. The Morgan fingerprint density at radius 1 is 0.762 bits per heavy atom. The highest BCUT2D eigenvalue weighted by Gasteiger charge is 2.34. The molecule has 0 heterocycles. The van der Waals surface area contributed by atoms with E-state index < -0.39 is 28.5 Å². The van der Waals surface area contributed by atoms with Gasteiger partial charge in [0.1, 0.15) is 12.6 Å². The summed E-state index contributed by atoms with van der Waals surface area (Å²) in [5.41, 5.74) is 4.92. The van der Waals surface area contributed by atoms with Crippen LogP contribution in [-0.4, -0.2) is 44.8 Å². The van der Waals surface area contributed by atoms with Crippen molar-refractivity contribution in [1.82, 2.24) is 10.2 Å². The lowest BCUT2D eigenvalue weighted by Gasteiger charge is -2.33. The summed E-state index contributed by atoms with van der Waals surface area (Å²) in [7, 11) is -2.59. The molecule has 0 spiro atoms. The smallest absolute Gasteiger partial charge is 0.264 e. The molecule has 1 atom stereocenters. The van der Waals surface area contributed by atoms with Crippen molar-refractivity contribution in [3.63, 3.8) is 0 Å². The summed E-state index contributed by atoms with van der Waals surface area (Å²) in [6.45, 7) is 5.39. The Kier molecular flexibility index (Phi) is 9.80. The minimum Gasteiger partial charge on any atom is -0.357 e. The predicted octanol–water partition coefficient (Wildman–Crippen LogP) is 5.19. The van der Waals surface area contributed by atoms with Crippen molar-refractivity contribution in [3.05, 3.63) is 131 Å². The number of rotatable bonds is 11. The highest BCUT2D eigenvalue weighted by molar-refractivity contribution is 7.92. The number of carbonyl (C=O) groups is 2. The van der Waals surface area contributed by atoms with Crippen molar-refractivity contribution in [1.29, 1.82) is 0 Å². The van der Waals surface area contributed by atoms with Gasteiger partial charge in [0.15, 0.2) is 0 Å². The number of carbonyl (C=O) groups excluding carboxylic acids is 2. The van der Waals surface area contributed by atoms with E-state index in [1.54, 1.807) is 36.4 Å². The first kappa shape index (κ1) is 30.5. The molecular weight excluding hydrogens is 546 g/mol. The number of benzene rings is 4. The fraction of sp³-hybridized carbons (Fsp3) is 0.235. The molecule has 0 saturated carbocycles. The Hall–Kier alpha value is -4.43. The second-order valence-corrected chi connectivity index (χ2v) is 12.3. The van der Waals surface area contributed by atoms with Crippen LogP contribution in [0.2, 0.25) is 0 Å². The number of anilines is 1. The van der Waals surface area contributed by atoms with Crippen molar-refractivity contribution < 1.29 is 18.0 Å². The number of nitrogens with one attached hydrogen (secondary N) is 1. The molecule has 4 rings (SSSR count). The summed E-state index contributed by atoms with van der Waals surface area (Å²) in [4.78, 5) is 29.2. The Morgan fingerprint density at radius 2 is 1.36 bits per heavy atom. The molecule has 4 aromatic carbocycles. The number of likely N-dealkylation sites (N-methyl/N-ethyl adjacent to an activating group) is 1. The molecule has 8 heteroatoms. The molecule has 218 valence electrons. The molecule has 1 N–H and O–H groups in total. The topological polar surface area (TPSA) is 86.8 Å². The summed E-state index contributed by atoms with van der Waals surface area (Å²) in [5, 5.41) is 2.70. The van der Waals surface area contributed by atoms with Gasteiger partial charge in [0, 0.05) is 20.0 Å². The van der Waals surface area contributed by atoms with Gasteiger partial charge in [-0.25, -0.2) is 8.42 Å². The summed E-state index contributed by atoms with van der Waals surface area (Å²) < 4.78 is 29.3. The number of hydrogen-bond acceptors (Lipinski definition) is 4. The molecule has 0 bridgehead atoms. The molecule has 0 aliphatic heterocycles. The maximum atomic E-state index is 14.3. The Morgan fingerprint density at radius 3 is 1.93 bits per heavy atom. The molecule has 0 unspecified atom stereocenters. The highest BCUT2D eigenvalue weighted by atomic mass is 32.2. The molecule has 2 amide bonds. The van der Waals surface area contributed by atoms with E-state index in [2.05, 4.69) is 5.32 Å². The first-order chi connectivity index (χ1) is 20.1. The van der Waals surface area contributed by atoms with Crippen LogP contribution in [-0.2, 0) is 32.6 Å². The van der Waals surface area contributed by atoms with Crippen LogP contribution in [0.5, 0.6) is 0 Å². The summed E-state index contributed by atoms with van der Waals surface area (Å²) in [6.07, 6.45) is 0.271. The predicted molar refractivity (Wildman–Crippen MR) is 167 cm³/mol. The zero-order chi connectivity index (χ0) is 30.3. The second kappa shape index (κ2) is 13.5. The molecule has 0 aromatic heterocycles. The van der Waals surface area contributed by atoms with Crippen molar-refractivity contribution in [2.24, 2.45) is 0 Å². The van der Waals surface area contributed by atoms with Gasteiger partial charge < -0.3 is 10.2 Å². The van der Waals surface area contributed by atoms with E-state index in [0.717, 1.165) is 32.1 Å². The number of sulfonamides is 1. The van der Waals surface area contributed by atoms with Crippen LogP contribution in [0.3, 0.4) is 0 Å². The zero-order valence-corrected chi connectivity index (χ0v) is 25.3. The number of nitrogens with zero attached hydrogens (tertiary/aromatic N) is 2. The van der Waals surface area contributed by atoms with E-state index in [4.69, 9.17) is 0 Å². The van der Waals surface area contributed by atoms with Crippen LogP contribution in [0.25, 0.3) is 0 Å². The maximum absolute atomic E-state index is 14.3. The fourth-order valence-corrected chi connectivity index (χ4v) is 6.15. The van der Waals surface area contributed by atoms with Crippen molar-refractivity contribution in [3.8, 4) is 0 Å². The normalized spacial score (nSPS) is 11.9. The molecular formula is C34H37N3O4S. The average Bonchev–Trinajstić information content (AvgIpc) is 2.99. The Labute approximate surface area is 248 Å². The van der Waals surface area contributed by atoms with Crippen LogP contribution in [0, 0.1) is 20.8 Å².